The van der Waals surface area contributed by atoms with Crippen molar-refractivity contribution >= 4 is 38.4 Å². The number of nitrogens with one attached hydrogen (secondary N) is 3. The first-order valence-corrected chi connectivity index (χ1v) is 14.2. The number of halogens is 4. The standard InChI is InChI=1S/C26H20F4N8O5S/c1-12-7-13(3-6-16(12)27)10-31-22(39)17-9-18(33-11-32-17)23(40)34-20-15-5-4-14(21-35-25(37-36-21)26(28,29)30)8-19(15)38(24(20)41)44(2,42)43/h3-9,11,41H,10H2,1-2H3,(H,31,39)(H,34,40)(H,35,36,37). The van der Waals surface area contributed by atoms with Crippen LogP contribution in [0.25, 0.3) is 22.3 Å². The molecule has 0 saturated heterocycles. The maximum absolute atomic E-state index is 13.5. The summed E-state index contributed by atoms with van der Waals surface area (Å²) in [5.41, 5.74) is -0.0802. The van der Waals surface area contributed by atoms with Crippen LogP contribution >= 0.6 is 0 Å². The van der Waals surface area contributed by atoms with Gasteiger partial charge in [-0.25, -0.2) is 31.7 Å². The Morgan fingerprint density at radius 3 is 2.39 bits per heavy atom. The molecule has 0 spiro atoms. The molecule has 0 radical (unpaired) electrons. The molecule has 3 aromatic heterocycles. The minimum absolute atomic E-state index is 0.00165. The molecule has 0 fully saturated rings. The zero-order valence-electron chi connectivity index (χ0n) is 22.6. The fourth-order valence-electron chi connectivity index (χ4n) is 4.24. The number of carbonyl (C=O) groups excluding carboxylic acids is 2. The Morgan fingerprint density at radius 1 is 1.05 bits per heavy atom. The summed E-state index contributed by atoms with van der Waals surface area (Å²) in [5, 5.41) is 21.1. The van der Waals surface area contributed by atoms with Crippen molar-refractivity contribution in [3.8, 4) is 17.3 Å². The maximum Gasteiger partial charge on any atom is 0.451 e. The minimum Gasteiger partial charge on any atom is -0.492 e. The molecule has 0 aliphatic rings. The number of carbonyl (C=O) groups is 2. The highest BCUT2D eigenvalue weighted by Gasteiger charge is 2.35. The average Bonchev–Trinajstić information content (AvgIpc) is 3.57. The molecule has 0 saturated carbocycles. The molecule has 0 bridgehead atoms. The first-order valence-electron chi connectivity index (χ1n) is 12.4. The van der Waals surface area contributed by atoms with Gasteiger partial charge in [-0.3, -0.25) is 14.7 Å². The number of anilines is 1. The van der Waals surface area contributed by atoms with Crippen molar-refractivity contribution in [3.05, 3.63) is 82.9 Å². The van der Waals surface area contributed by atoms with E-state index in [2.05, 4.69) is 30.7 Å². The Morgan fingerprint density at radius 2 is 1.75 bits per heavy atom. The maximum atomic E-state index is 13.5. The summed E-state index contributed by atoms with van der Waals surface area (Å²) in [6.07, 6.45) is -3.09. The smallest absolute Gasteiger partial charge is 0.451 e. The second-order valence-corrected chi connectivity index (χ2v) is 11.3. The Kier molecular flexibility index (Phi) is 7.54. The summed E-state index contributed by atoms with van der Waals surface area (Å²) in [6.45, 7) is 1.61. The quantitative estimate of drug-likeness (QED) is 0.195. The van der Waals surface area contributed by atoms with E-state index in [1.807, 2.05) is 0 Å². The third-order valence-corrected chi connectivity index (χ3v) is 7.32. The molecule has 3 heterocycles. The first-order chi connectivity index (χ1) is 20.6. The van der Waals surface area contributed by atoms with Crippen LogP contribution in [-0.2, 0) is 22.7 Å². The molecule has 2 aromatic carbocycles. The molecule has 13 nitrogen and oxygen atoms in total. The number of aryl methyl sites for hydroxylation is 1. The van der Waals surface area contributed by atoms with Gasteiger partial charge < -0.3 is 15.7 Å². The molecule has 228 valence electrons. The van der Waals surface area contributed by atoms with Crippen molar-refractivity contribution < 1.29 is 40.7 Å². The number of aromatic nitrogens is 6. The predicted molar refractivity (Wildman–Crippen MR) is 147 cm³/mol. The summed E-state index contributed by atoms with van der Waals surface area (Å²) < 4.78 is 78.0. The molecule has 0 unspecified atom stereocenters. The number of aromatic amines is 1. The van der Waals surface area contributed by atoms with Crippen LogP contribution in [0.2, 0.25) is 0 Å². The third kappa shape index (κ3) is 5.91. The van der Waals surface area contributed by atoms with Crippen LogP contribution in [0.4, 0.5) is 23.2 Å². The highest BCUT2D eigenvalue weighted by Crippen LogP contribution is 2.39. The fraction of sp³-hybridized carbons (Fsp3) is 0.154. The van der Waals surface area contributed by atoms with Gasteiger partial charge >= 0.3 is 6.18 Å². The summed E-state index contributed by atoms with van der Waals surface area (Å²) in [6, 6.07) is 9.03. The van der Waals surface area contributed by atoms with E-state index in [0.717, 1.165) is 24.7 Å². The fourth-order valence-corrected chi connectivity index (χ4v) is 5.15. The van der Waals surface area contributed by atoms with E-state index in [-0.39, 0.29) is 40.1 Å². The number of nitrogens with zero attached hydrogens (tertiary/aromatic N) is 5. The van der Waals surface area contributed by atoms with E-state index in [1.54, 1.807) is 18.1 Å². The molecule has 5 rings (SSSR count). The van der Waals surface area contributed by atoms with E-state index in [9.17, 15) is 40.7 Å². The number of benzene rings is 2. The number of aromatic hydroxyl groups is 1. The summed E-state index contributed by atoms with van der Waals surface area (Å²) in [7, 11) is -4.22. The molecule has 2 amide bonds. The monoisotopic (exact) mass is 632 g/mol. The van der Waals surface area contributed by atoms with Gasteiger partial charge in [0.25, 0.3) is 11.8 Å². The van der Waals surface area contributed by atoms with Crippen molar-refractivity contribution in [2.45, 2.75) is 19.6 Å². The Labute approximate surface area is 245 Å². The molecule has 5 aromatic rings. The molecule has 0 aliphatic heterocycles. The minimum atomic E-state index is -4.80. The van der Waals surface area contributed by atoms with Gasteiger partial charge in [-0.2, -0.15) is 18.3 Å². The molecular formula is C26H20F4N8O5S. The molecular weight excluding hydrogens is 612 g/mol. The molecule has 44 heavy (non-hydrogen) atoms. The lowest BCUT2D eigenvalue weighted by molar-refractivity contribution is -0.144. The van der Waals surface area contributed by atoms with Crippen LogP contribution < -0.4 is 10.6 Å². The number of fused-ring (bicyclic) bond motifs is 1. The van der Waals surface area contributed by atoms with Gasteiger partial charge in [0.1, 0.15) is 29.2 Å². The number of hydrogen-bond donors (Lipinski definition) is 4. The first kappa shape index (κ1) is 30.1. The Bertz CT molecular complexity index is 2060. The van der Waals surface area contributed by atoms with E-state index >= 15 is 0 Å². The van der Waals surface area contributed by atoms with Crippen LogP contribution in [0.3, 0.4) is 0 Å². The van der Waals surface area contributed by atoms with Gasteiger partial charge in [0.05, 0.1) is 11.8 Å². The number of hydrogen-bond acceptors (Lipinski definition) is 9. The lowest BCUT2D eigenvalue weighted by atomic mass is 10.1. The normalized spacial score (nSPS) is 12.0. The molecule has 4 N–H and O–H groups in total. The molecule has 18 heteroatoms. The summed E-state index contributed by atoms with van der Waals surface area (Å²) >= 11 is 0. The second kappa shape index (κ2) is 11.0. The second-order valence-electron chi connectivity index (χ2n) is 9.47. The van der Waals surface area contributed by atoms with Gasteiger partial charge in [-0.1, -0.05) is 18.2 Å². The highest BCUT2D eigenvalue weighted by atomic mass is 32.2. The number of alkyl halides is 3. The van der Waals surface area contributed by atoms with Gasteiger partial charge in [-0.05, 0) is 36.2 Å². The topological polar surface area (TPSA) is 185 Å². The number of amides is 2. The zero-order valence-corrected chi connectivity index (χ0v) is 23.4. The largest absolute Gasteiger partial charge is 0.492 e. The van der Waals surface area contributed by atoms with Gasteiger partial charge in [0.15, 0.2) is 5.82 Å². The summed E-state index contributed by atoms with van der Waals surface area (Å²) in [5.74, 6) is -4.69. The van der Waals surface area contributed by atoms with Crippen LogP contribution in [0.15, 0.2) is 48.8 Å². The zero-order chi connectivity index (χ0) is 32.0. The van der Waals surface area contributed by atoms with Crippen LogP contribution in [0, 0.1) is 12.7 Å². The lowest BCUT2D eigenvalue weighted by Gasteiger charge is -2.08. The van der Waals surface area contributed by atoms with Crippen molar-refractivity contribution in [2.24, 2.45) is 0 Å². The molecule has 0 aliphatic carbocycles. The number of H-pyrrole nitrogens is 1. The van der Waals surface area contributed by atoms with Crippen LogP contribution in [0.5, 0.6) is 5.88 Å². The van der Waals surface area contributed by atoms with Crippen LogP contribution in [-0.4, -0.2) is 60.7 Å². The van der Waals surface area contributed by atoms with Crippen molar-refractivity contribution in [2.75, 3.05) is 11.6 Å². The van der Waals surface area contributed by atoms with Crippen LogP contribution in [0.1, 0.15) is 37.9 Å². The average molecular weight is 633 g/mol. The van der Waals surface area contributed by atoms with E-state index in [0.29, 0.717) is 15.1 Å². The van der Waals surface area contributed by atoms with Gasteiger partial charge in [0.2, 0.25) is 21.7 Å². The number of rotatable bonds is 7. The highest BCUT2D eigenvalue weighted by molar-refractivity contribution is 7.89. The van der Waals surface area contributed by atoms with Crippen molar-refractivity contribution in [1.82, 2.24) is 34.4 Å². The Balaban J connectivity index is 1.43. The van der Waals surface area contributed by atoms with Gasteiger partial charge in [-0.15, -0.1) is 0 Å². The van der Waals surface area contributed by atoms with E-state index in [1.165, 1.54) is 24.3 Å². The van der Waals surface area contributed by atoms with Crippen molar-refractivity contribution in [1.29, 1.82) is 0 Å². The van der Waals surface area contributed by atoms with E-state index in [4.69, 9.17) is 0 Å². The predicted octanol–water partition coefficient (Wildman–Crippen LogP) is 3.38. The Hall–Kier alpha value is -5.39. The third-order valence-electron chi connectivity index (χ3n) is 6.29. The van der Waals surface area contributed by atoms with Gasteiger partial charge in [0, 0.05) is 23.6 Å². The van der Waals surface area contributed by atoms with E-state index < -0.39 is 51.4 Å². The SMILES string of the molecule is Cc1cc(CNC(=O)c2cc(C(=O)Nc3c(O)n(S(C)(=O)=O)c4cc(-c5n[nH]c(C(F)(F)F)n5)ccc34)ncn2)ccc1F. The summed E-state index contributed by atoms with van der Waals surface area (Å²) in [4.78, 5) is 36.8. The van der Waals surface area contributed by atoms with Crippen molar-refractivity contribution in [3.63, 3.8) is 0 Å². The molecule has 0 atom stereocenters. The lowest BCUT2D eigenvalue weighted by Crippen LogP contribution is -2.25.